The van der Waals surface area contributed by atoms with Crippen LogP contribution in [0, 0.1) is 6.92 Å². The molecule has 1 heterocycles. The molecule has 0 aliphatic heterocycles. The second-order valence-electron chi connectivity index (χ2n) is 4.57. The number of benzene rings is 1. The Hall–Kier alpha value is -1.85. The highest BCUT2D eigenvalue weighted by molar-refractivity contribution is 5.95. The number of anilines is 1. The Bertz CT molecular complexity index is 581. The number of para-hydroxylation sites is 1. The molecule has 0 unspecified atom stereocenters. The van der Waals surface area contributed by atoms with Crippen LogP contribution in [-0.2, 0) is 0 Å². The summed E-state index contributed by atoms with van der Waals surface area (Å²) in [6, 6.07) is 7.73. The molecule has 0 radical (unpaired) electrons. The molecule has 1 aromatic carbocycles. The molecule has 0 saturated carbocycles. The van der Waals surface area contributed by atoms with E-state index >= 15 is 0 Å². The number of ether oxygens (including phenoxy) is 1. The Morgan fingerprint density at radius 2 is 1.90 bits per heavy atom. The zero-order chi connectivity index (χ0) is 14.5. The Kier molecular flexibility index (Phi) is 4.76. The first-order valence-electron chi connectivity index (χ1n) is 6.62. The normalized spacial score (nSPS) is 10.8. The fourth-order valence-electron chi connectivity index (χ4n) is 2.35. The van der Waals surface area contributed by atoms with Crippen molar-refractivity contribution >= 4 is 16.6 Å². The summed E-state index contributed by atoms with van der Waals surface area (Å²) < 4.78 is 5.36. The third-order valence-electron chi connectivity index (χ3n) is 3.21. The van der Waals surface area contributed by atoms with Crippen molar-refractivity contribution in [2.45, 2.75) is 6.92 Å². The molecule has 0 aliphatic rings. The number of rotatable bonds is 6. The summed E-state index contributed by atoms with van der Waals surface area (Å²) in [5.74, 6) is 0.723. The molecular weight excluding hydrogens is 256 g/mol. The molecule has 20 heavy (non-hydrogen) atoms. The van der Waals surface area contributed by atoms with E-state index in [2.05, 4.69) is 4.98 Å². The summed E-state index contributed by atoms with van der Waals surface area (Å²) in [6.45, 7) is 2.93. The number of aryl methyl sites for hydroxylation is 1. The number of fused-ring (bicyclic) bond motifs is 1. The van der Waals surface area contributed by atoms with E-state index in [1.807, 2.05) is 36.1 Å². The summed E-state index contributed by atoms with van der Waals surface area (Å²) in [5.41, 5.74) is 2.62. The predicted molar refractivity (Wildman–Crippen MR) is 79.4 cm³/mol. The van der Waals surface area contributed by atoms with Gasteiger partial charge in [-0.2, -0.15) is 0 Å². The van der Waals surface area contributed by atoms with Crippen molar-refractivity contribution in [2.75, 3.05) is 38.3 Å². The lowest BCUT2D eigenvalue weighted by Gasteiger charge is -2.25. The van der Waals surface area contributed by atoms with E-state index < -0.39 is 0 Å². The second kappa shape index (κ2) is 6.54. The molecule has 5 nitrogen and oxygen atoms in total. The van der Waals surface area contributed by atoms with Crippen LogP contribution in [0.2, 0.25) is 0 Å². The van der Waals surface area contributed by atoms with Gasteiger partial charge in [0.25, 0.3) is 0 Å². The number of hydrogen-bond donors (Lipinski definition) is 2. The van der Waals surface area contributed by atoms with Crippen molar-refractivity contribution in [1.29, 1.82) is 0 Å². The first-order chi connectivity index (χ1) is 9.71. The average Bonchev–Trinajstić information content (AvgIpc) is 2.45. The van der Waals surface area contributed by atoms with Crippen LogP contribution in [0.5, 0.6) is 5.75 Å². The Morgan fingerprint density at radius 3 is 2.50 bits per heavy atom. The fourth-order valence-corrected chi connectivity index (χ4v) is 2.35. The van der Waals surface area contributed by atoms with Crippen molar-refractivity contribution < 1.29 is 14.9 Å². The minimum absolute atomic E-state index is 0.0346. The van der Waals surface area contributed by atoms with E-state index in [0.717, 1.165) is 28.0 Å². The van der Waals surface area contributed by atoms with Crippen LogP contribution in [0.4, 0.5) is 5.69 Å². The van der Waals surface area contributed by atoms with E-state index in [1.165, 1.54) is 0 Å². The van der Waals surface area contributed by atoms with Crippen molar-refractivity contribution in [2.24, 2.45) is 0 Å². The molecule has 2 rings (SSSR count). The lowest BCUT2D eigenvalue weighted by Crippen LogP contribution is -2.30. The number of nitrogens with zero attached hydrogens (tertiary/aromatic N) is 2. The van der Waals surface area contributed by atoms with E-state index in [1.54, 1.807) is 7.11 Å². The third-order valence-corrected chi connectivity index (χ3v) is 3.21. The monoisotopic (exact) mass is 276 g/mol. The number of aliphatic hydroxyl groups is 2. The summed E-state index contributed by atoms with van der Waals surface area (Å²) in [4.78, 5) is 6.49. The zero-order valence-electron chi connectivity index (χ0n) is 11.8. The summed E-state index contributed by atoms with van der Waals surface area (Å²) >= 11 is 0. The van der Waals surface area contributed by atoms with Crippen LogP contribution in [0.25, 0.3) is 10.9 Å². The van der Waals surface area contributed by atoms with Gasteiger partial charge in [0.2, 0.25) is 0 Å². The minimum Gasteiger partial charge on any atom is -0.494 e. The van der Waals surface area contributed by atoms with Crippen LogP contribution >= 0.6 is 0 Å². The summed E-state index contributed by atoms with van der Waals surface area (Å²) in [6.07, 6.45) is 0. The maximum Gasteiger partial charge on any atom is 0.145 e. The van der Waals surface area contributed by atoms with Crippen molar-refractivity contribution in [3.63, 3.8) is 0 Å². The number of pyridine rings is 1. The Morgan fingerprint density at radius 1 is 1.20 bits per heavy atom. The molecule has 0 saturated heterocycles. The molecule has 1 aromatic heterocycles. The SMILES string of the molecule is COc1cccc2c(N(CCO)CCO)cc(C)nc12. The van der Waals surface area contributed by atoms with Gasteiger partial charge in [0.05, 0.1) is 20.3 Å². The first-order valence-corrected chi connectivity index (χ1v) is 6.62. The molecule has 2 N–H and O–H groups in total. The zero-order valence-corrected chi connectivity index (χ0v) is 11.8. The van der Waals surface area contributed by atoms with Gasteiger partial charge < -0.3 is 19.8 Å². The molecular formula is C15H20N2O3. The topological polar surface area (TPSA) is 65.8 Å². The highest BCUT2D eigenvalue weighted by Crippen LogP contribution is 2.31. The van der Waals surface area contributed by atoms with Crippen LogP contribution in [0.3, 0.4) is 0 Å². The molecule has 0 fully saturated rings. The van der Waals surface area contributed by atoms with Gasteiger partial charge in [0.1, 0.15) is 11.3 Å². The molecule has 0 bridgehead atoms. The van der Waals surface area contributed by atoms with Crippen LogP contribution in [0.15, 0.2) is 24.3 Å². The lowest BCUT2D eigenvalue weighted by molar-refractivity contribution is 0.281. The van der Waals surface area contributed by atoms with Gasteiger partial charge in [-0.3, -0.25) is 0 Å². The predicted octanol–water partition coefficient (Wildman–Crippen LogP) is 1.34. The van der Waals surface area contributed by atoms with Crippen LogP contribution in [0.1, 0.15) is 5.69 Å². The molecule has 108 valence electrons. The van der Waals surface area contributed by atoms with Gasteiger partial charge in [-0.1, -0.05) is 12.1 Å². The second-order valence-corrected chi connectivity index (χ2v) is 4.57. The number of aromatic nitrogens is 1. The van der Waals surface area contributed by atoms with E-state index in [-0.39, 0.29) is 13.2 Å². The van der Waals surface area contributed by atoms with Crippen LogP contribution < -0.4 is 9.64 Å². The molecule has 0 spiro atoms. The lowest BCUT2D eigenvalue weighted by atomic mass is 10.1. The smallest absolute Gasteiger partial charge is 0.145 e. The van der Waals surface area contributed by atoms with Gasteiger partial charge in [-0.15, -0.1) is 0 Å². The number of aliphatic hydroxyl groups excluding tert-OH is 2. The van der Waals surface area contributed by atoms with Crippen molar-refractivity contribution in [3.05, 3.63) is 30.0 Å². The quantitative estimate of drug-likeness (QED) is 0.833. The van der Waals surface area contributed by atoms with Gasteiger partial charge in [0.15, 0.2) is 0 Å². The molecule has 5 heteroatoms. The van der Waals surface area contributed by atoms with Gasteiger partial charge in [0, 0.05) is 29.9 Å². The standard InChI is InChI=1S/C15H20N2O3/c1-11-10-13(17(6-8-18)7-9-19)12-4-3-5-14(20-2)15(12)16-11/h3-5,10,18-19H,6-9H2,1-2H3. The minimum atomic E-state index is 0.0346. The van der Waals surface area contributed by atoms with Gasteiger partial charge in [-0.25, -0.2) is 4.98 Å². The average molecular weight is 276 g/mol. The molecule has 0 amide bonds. The van der Waals surface area contributed by atoms with Crippen molar-refractivity contribution in [3.8, 4) is 5.75 Å². The summed E-state index contributed by atoms with van der Waals surface area (Å²) in [7, 11) is 1.62. The maximum atomic E-state index is 9.20. The highest BCUT2D eigenvalue weighted by atomic mass is 16.5. The largest absolute Gasteiger partial charge is 0.494 e. The molecule has 2 aromatic rings. The van der Waals surface area contributed by atoms with Gasteiger partial charge in [-0.05, 0) is 19.1 Å². The Balaban J connectivity index is 2.61. The van der Waals surface area contributed by atoms with Crippen molar-refractivity contribution in [1.82, 2.24) is 4.98 Å². The fraction of sp³-hybridized carbons (Fsp3) is 0.400. The van der Waals surface area contributed by atoms with Crippen LogP contribution in [-0.4, -0.2) is 48.6 Å². The third kappa shape index (κ3) is 2.84. The van der Waals surface area contributed by atoms with E-state index in [0.29, 0.717) is 13.1 Å². The van der Waals surface area contributed by atoms with Gasteiger partial charge >= 0.3 is 0 Å². The highest BCUT2D eigenvalue weighted by Gasteiger charge is 2.13. The Labute approximate surface area is 118 Å². The molecule has 0 atom stereocenters. The number of methoxy groups -OCH3 is 1. The maximum absolute atomic E-state index is 9.20. The van der Waals surface area contributed by atoms with E-state index in [9.17, 15) is 10.2 Å². The summed E-state index contributed by atoms with van der Waals surface area (Å²) in [5, 5.41) is 19.4. The number of hydrogen-bond acceptors (Lipinski definition) is 5. The first kappa shape index (κ1) is 14.6. The molecule has 0 aliphatic carbocycles. The van der Waals surface area contributed by atoms with E-state index in [4.69, 9.17) is 4.74 Å².